The topological polar surface area (TPSA) is 94.8 Å². The summed E-state index contributed by atoms with van der Waals surface area (Å²) in [4.78, 5) is 15.2. The van der Waals surface area contributed by atoms with E-state index in [9.17, 15) is 4.79 Å². The molecule has 0 aliphatic heterocycles. The summed E-state index contributed by atoms with van der Waals surface area (Å²) < 4.78 is 0. The van der Waals surface area contributed by atoms with Crippen molar-refractivity contribution >= 4 is 34.6 Å². The van der Waals surface area contributed by atoms with E-state index in [0.29, 0.717) is 12.3 Å². The molecule has 8 heteroatoms. The number of hydrazone groups is 1. The van der Waals surface area contributed by atoms with Gasteiger partial charge in [0.05, 0.1) is 5.92 Å². The summed E-state index contributed by atoms with van der Waals surface area (Å²) in [5.41, 5.74) is 8.50. The fourth-order valence-electron chi connectivity index (χ4n) is 2.62. The van der Waals surface area contributed by atoms with E-state index in [-0.39, 0.29) is 11.0 Å². The van der Waals surface area contributed by atoms with Crippen molar-refractivity contribution in [3.8, 4) is 0 Å². The Hall–Kier alpha value is -2.03. The maximum absolute atomic E-state index is 13.0. The van der Waals surface area contributed by atoms with Crippen LogP contribution in [0.15, 0.2) is 23.3 Å². The molecular weight excluding hydrogens is 348 g/mol. The third-order valence-electron chi connectivity index (χ3n) is 4.35. The lowest BCUT2D eigenvalue weighted by atomic mass is 10.0. The van der Waals surface area contributed by atoms with Crippen LogP contribution in [0.2, 0.25) is 0 Å². The number of hydrazine groups is 1. The molecule has 1 aromatic carbocycles. The smallest absolute Gasteiger partial charge is 0.234 e. The van der Waals surface area contributed by atoms with Crippen molar-refractivity contribution in [2.75, 3.05) is 25.0 Å². The second-order valence-corrected chi connectivity index (χ2v) is 6.54. The summed E-state index contributed by atoms with van der Waals surface area (Å²) in [7, 11) is 0. The molecule has 1 rings (SSSR count). The van der Waals surface area contributed by atoms with Crippen molar-refractivity contribution in [1.29, 1.82) is 0 Å². The molecule has 0 saturated carbocycles. The minimum Gasteiger partial charge on any atom is -0.325 e. The van der Waals surface area contributed by atoms with E-state index in [1.165, 1.54) is 0 Å². The number of para-hydroxylation sites is 1. The van der Waals surface area contributed by atoms with Crippen molar-refractivity contribution in [2.45, 2.75) is 34.6 Å². The van der Waals surface area contributed by atoms with Gasteiger partial charge in [-0.25, -0.2) is 5.84 Å². The number of carbonyl (C=O) groups excluding carboxylic acids is 1. The van der Waals surface area contributed by atoms with Crippen LogP contribution in [-0.2, 0) is 4.79 Å². The summed E-state index contributed by atoms with van der Waals surface area (Å²) in [6.45, 7) is 12.2. The zero-order valence-electron chi connectivity index (χ0n) is 16.2. The lowest BCUT2D eigenvalue weighted by Gasteiger charge is -2.25. The van der Waals surface area contributed by atoms with Crippen LogP contribution in [0.1, 0.15) is 31.9 Å². The average Bonchev–Trinajstić information content (AvgIpc) is 2.63. The van der Waals surface area contributed by atoms with Gasteiger partial charge >= 0.3 is 0 Å². The van der Waals surface area contributed by atoms with Crippen molar-refractivity contribution in [3.05, 3.63) is 29.3 Å². The molecule has 0 radical (unpaired) electrons. The third-order valence-corrected chi connectivity index (χ3v) is 4.56. The highest BCUT2D eigenvalue weighted by Gasteiger charge is 2.25. The van der Waals surface area contributed by atoms with Crippen molar-refractivity contribution in [1.82, 2.24) is 15.8 Å². The van der Waals surface area contributed by atoms with Crippen LogP contribution >= 0.6 is 12.2 Å². The Morgan fingerprint density at radius 3 is 2.35 bits per heavy atom. The standard InChI is InChI=1S/C18H30N6OS/c1-6-24(7-2)11-15(14(5)22-23-18(26)21-19)17(25)20-16-12(3)9-8-10-13(16)4/h8-10,15H,6-7,11,19H2,1-5H3,(H,20,25)(H2,21,23,26)/b22-14+/t15-/m1/s1. The second kappa shape index (κ2) is 10.8. The number of nitrogens with zero attached hydrogens (tertiary/aromatic N) is 2. The highest BCUT2D eigenvalue weighted by Crippen LogP contribution is 2.20. The number of carbonyl (C=O) groups is 1. The molecule has 26 heavy (non-hydrogen) atoms. The van der Waals surface area contributed by atoms with Gasteiger partial charge in [0.2, 0.25) is 11.0 Å². The number of nitrogens with one attached hydrogen (secondary N) is 3. The number of thiocarbonyl (C=S) groups is 1. The second-order valence-electron chi connectivity index (χ2n) is 6.13. The Bertz CT molecular complexity index is 637. The molecule has 5 N–H and O–H groups in total. The molecule has 0 fully saturated rings. The first-order valence-corrected chi connectivity index (χ1v) is 9.14. The van der Waals surface area contributed by atoms with Crippen LogP contribution in [0.4, 0.5) is 5.69 Å². The van der Waals surface area contributed by atoms with Gasteiger partial charge in [-0.3, -0.25) is 15.6 Å². The fraction of sp³-hybridized carbons (Fsp3) is 0.500. The van der Waals surface area contributed by atoms with Crippen LogP contribution in [0.5, 0.6) is 0 Å². The molecule has 7 nitrogen and oxygen atoms in total. The van der Waals surface area contributed by atoms with Gasteiger partial charge in [0.1, 0.15) is 0 Å². The molecular formula is C18H30N6OS. The highest BCUT2D eigenvalue weighted by molar-refractivity contribution is 7.80. The van der Waals surface area contributed by atoms with Gasteiger partial charge in [0, 0.05) is 17.9 Å². The quantitative estimate of drug-likeness (QED) is 0.239. The zero-order chi connectivity index (χ0) is 19.7. The van der Waals surface area contributed by atoms with Crippen LogP contribution in [-0.4, -0.2) is 41.3 Å². The Morgan fingerprint density at radius 1 is 1.27 bits per heavy atom. The Balaban J connectivity index is 3.06. The lowest BCUT2D eigenvalue weighted by Crippen LogP contribution is -2.42. The van der Waals surface area contributed by atoms with Gasteiger partial charge in [-0.05, 0) is 57.2 Å². The zero-order valence-corrected chi connectivity index (χ0v) is 17.0. The molecule has 0 bridgehead atoms. The van der Waals surface area contributed by atoms with Gasteiger partial charge in [-0.15, -0.1) is 0 Å². The van der Waals surface area contributed by atoms with E-state index >= 15 is 0 Å². The molecule has 0 spiro atoms. The van der Waals surface area contributed by atoms with Gasteiger partial charge in [0.15, 0.2) is 0 Å². The number of aryl methyl sites for hydroxylation is 2. The minimum absolute atomic E-state index is 0.0935. The molecule has 0 unspecified atom stereocenters. The largest absolute Gasteiger partial charge is 0.325 e. The van der Waals surface area contributed by atoms with Crippen LogP contribution in [0.25, 0.3) is 0 Å². The average molecular weight is 379 g/mol. The van der Waals surface area contributed by atoms with Crippen LogP contribution < -0.4 is 22.0 Å². The Kier molecular flexibility index (Phi) is 9.18. The predicted molar refractivity (Wildman–Crippen MR) is 112 cm³/mol. The monoisotopic (exact) mass is 378 g/mol. The first-order valence-electron chi connectivity index (χ1n) is 8.74. The molecule has 1 aromatic rings. The van der Waals surface area contributed by atoms with E-state index < -0.39 is 5.92 Å². The van der Waals surface area contributed by atoms with E-state index in [4.69, 9.17) is 18.1 Å². The molecule has 144 valence electrons. The molecule has 0 saturated heterocycles. The van der Waals surface area contributed by atoms with Gasteiger partial charge < -0.3 is 10.2 Å². The highest BCUT2D eigenvalue weighted by atomic mass is 32.1. The summed E-state index contributed by atoms with van der Waals surface area (Å²) >= 11 is 4.93. The van der Waals surface area contributed by atoms with E-state index in [0.717, 1.165) is 29.9 Å². The maximum Gasteiger partial charge on any atom is 0.234 e. The summed E-state index contributed by atoms with van der Waals surface area (Å²) in [6.07, 6.45) is 0. The van der Waals surface area contributed by atoms with Crippen molar-refractivity contribution < 1.29 is 4.79 Å². The minimum atomic E-state index is -0.415. The third kappa shape index (κ3) is 6.36. The number of nitrogens with two attached hydrogens (primary N) is 1. The molecule has 1 atom stereocenters. The molecule has 0 aromatic heterocycles. The number of hydrogen-bond acceptors (Lipinski definition) is 5. The predicted octanol–water partition coefficient (Wildman–Crippen LogP) is 1.91. The first-order chi connectivity index (χ1) is 12.3. The number of amides is 1. The number of hydrogen-bond donors (Lipinski definition) is 4. The summed E-state index contributed by atoms with van der Waals surface area (Å²) in [5.74, 6) is 4.73. The molecule has 0 aliphatic carbocycles. The molecule has 0 aliphatic rings. The SMILES string of the molecule is CCN(CC)C[C@@H](C(=O)Nc1c(C)cccc1C)/C(C)=N/NC(=S)NN. The van der Waals surface area contributed by atoms with Crippen molar-refractivity contribution in [3.63, 3.8) is 0 Å². The summed E-state index contributed by atoms with van der Waals surface area (Å²) in [6, 6.07) is 5.94. The number of benzene rings is 1. The number of rotatable bonds is 8. The fourth-order valence-corrected chi connectivity index (χ4v) is 2.66. The van der Waals surface area contributed by atoms with E-state index in [2.05, 4.69) is 40.0 Å². The van der Waals surface area contributed by atoms with Crippen LogP contribution in [0.3, 0.4) is 0 Å². The van der Waals surface area contributed by atoms with E-state index in [1.807, 2.05) is 39.0 Å². The molecule has 0 heterocycles. The van der Waals surface area contributed by atoms with Crippen molar-refractivity contribution in [2.24, 2.45) is 16.9 Å². The van der Waals surface area contributed by atoms with E-state index in [1.54, 1.807) is 0 Å². The van der Waals surface area contributed by atoms with Gasteiger partial charge in [0.25, 0.3) is 0 Å². The maximum atomic E-state index is 13.0. The Labute approximate surface area is 161 Å². The van der Waals surface area contributed by atoms with Gasteiger partial charge in [-0.1, -0.05) is 32.0 Å². The molecule has 1 amide bonds. The number of anilines is 1. The first kappa shape index (κ1) is 22.0. The normalized spacial score (nSPS) is 12.7. The lowest BCUT2D eigenvalue weighted by molar-refractivity contribution is -0.118. The van der Waals surface area contributed by atoms with Crippen LogP contribution in [0, 0.1) is 19.8 Å². The van der Waals surface area contributed by atoms with Gasteiger partial charge in [-0.2, -0.15) is 5.10 Å². The summed E-state index contributed by atoms with van der Waals surface area (Å²) in [5, 5.41) is 7.48. The Morgan fingerprint density at radius 2 is 1.85 bits per heavy atom.